The number of pyridine rings is 1. The molecule has 0 spiro atoms. The minimum Gasteiger partial charge on any atom is -0.487 e. The molecule has 0 bridgehead atoms. The van der Waals surface area contributed by atoms with Crippen LogP contribution in [-0.2, 0) is 6.61 Å². The van der Waals surface area contributed by atoms with Crippen LogP contribution in [0.5, 0.6) is 5.75 Å². The Bertz CT molecular complexity index is 1200. The maximum Gasteiger partial charge on any atom is 0.255 e. The van der Waals surface area contributed by atoms with Gasteiger partial charge in [-0.25, -0.2) is 4.98 Å². The van der Waals surface area contributed by atoms with Gasteiger partial charge in [-0.2, -0.15) is 0 Å². The number of amides is 1. The first-order chi connectivity index (χ1) is 14.0. The van der Waals surface area contributed by atoms with Crippen LogP contribution in [0.25, 0.3) is 5.65 Å². The number of ether oxygens (including phenoxy) is 1. The highest BCUT2D eigenvalue weighted by Gasteiger charge is 2.10. The van der Waals surface area contributed by atoms with Crippen molar-refractivity contribution in [2.45, 2.75) is 20.5 Å². The zero-order valence-corrected chi connectivity index (χ0v) is 16.9. The first-order valence-electron chi connectivity index (χ1n) is 9.23. The largest absolute Gasteiger partial charge is 0.487 e. The van der Waals surface area contributed by atoms with Crippen molar-refractivity contribution in [1.82, 2.24) is 9.38 Å². The third-order valence-corrected chi connectivity index (χ3v) is 4.90. The number of imidazole rings is 1. The fourth-order valence-electron chi connectivity index (χ4n) is 3.07. The highest BCUT2D eigenvalue weighted by Crippen LogP contribution is 2.24. The number of carbonyl (C=O) groups excluding carboxylic acids is 1. The molecule has 0 aliphatic carbocycles. The van der Waals surface area contributed by atoms with Crippen LogP contribution in [0.4, 0.5) is 5.69 Å². The number of hydrogen-bond acceptors (Lipinski definition) is 3. The molecule has 4 rings (SSSR count). The van der Waals surface area contributed by atoms with Gasteiger partial charge in [0, 0.05) is 18.0 Å². The van der Waals surface area contributed by atoms with Crippen LogP contribution in [0, 0.1) is 13.8 Å². The number of rotatable bonds is 5. The number of halogens is 1. The Kier molecular flexibility index (Phi) is 5.23. The molecular formula is C23H20ClN3O2. The first-order valence-corrected chi connectivity index (χ1v) is 9.61. The number of anilines is 1. The summed E-state index contributed by atoms with van der Waals surface area (Å²) in [5.74, 6) is 0.353. The fourth-order valence-corrected chi connectivity index (χ4v) is 3.36. The summed E-state index contributed by atoms with van der Waals surface area (Å²) in [6.07, 6.45) is 3.90. The molecule has 1 amide bonds. The van der Waals surface area contributed by atoms with Crippen molar-refractivity contribution in [2.24, 2.45) is 0 Å². The smallest absolute Gasteiger partial charge is 0.255 e. The van der Waals surface area contributed by atoms with Crippen molar-refractivity contribution >= 4 is 28.8 Å². The second-order valence-corrected chi connectivity index (χ2v) is 7.32. The van der Waals surface area contributed by atoms with E-state index in [1.165, 1.54) is 0 Å². The molecule has 1 N–H and O–H groups in total. The fraction of sp³-hybridized carbons (Fsp3) is 0.130. The summed E-state index contributed by atoms with van der Waals surface area (Å²) in [4.78, 5) is 17.2. The average Bonchev–Trinajstić information content (AvgIpc) is 3.13. The van der Waals surface area contributed by atoms with Gasteiger partial charge in [0.25, 0.3) is 5.91 Å². The van der Waals surface area contributed by atoms with Crippen LogP contribution in [0.2, 0.25) is 5.02 Å². The lowest BCUT2D eigenvalue weighted by atomic mass is 10.2. The normalized spacial score (nSPS) is 10.9. The first kappa shape index (κ1) is 19.0. The topological polar surface area (TPSA) is 55.6 Å². The molecule has 0 radical (unpaired) electrons. The van der Waals surface area contributed by atoms with Crippen LogP contribution in [0.1, 0.15) is 27.2 Å². The van der Waals surface area contributed by atoms with E-state index in [0.717, 1.165) is 22.5 Å². The summed E-state index contributed by atoms with van der Waals surface area (Å²) < 4.78 is 7.84. The summed E-state index contributed by atoms with van der Waals surface area (Å²) in [5.41, 5.74) is 4.94. The SMILES string of the molecule is Cc1ccc(NC(=O)c2cccc(OCc3cn4cccc(C)c4n3)c2)c(Cl)c1. The Morgan fingerprint density at radius 3 is 2.79 bits per heavy atom. The zero-order valence-electron chi connectivity index (χ0n) is 16.1. The number of carbonyl (C=O) groups is 1. The van der Waals surface area contributed by atoms with Crippen LogP contribution in [0.3, 0.4) is 0 Å². The molecule has 0 saturated heterocycles. The van der Waals surface area contributed by atoms with Gasteiger partial charge in [0.2, 0.25) is 0 Å². The van der Waals surface area contributed by atoms with E-state index in [9.17, 15) is 4.79 Å². The molecule has 2 aromatic carbocycles. The maximum absolute atomic E-state index is 12.6. The molecule has 6 heteroatoms. The lowest BCUT2D eigenvalue weighted by molar-refractivity contribution is 0.102. The minimum absolute atomic E-state index is 0.246. The number of fused-ring (bicyclic) bond motifs is 1. The molecule has 4 aromatic rings. The third-order valence-electron chi connectivity index (χ3n) is 4.58. The summed E-state index contributed by atoms with van der Waals surface area (Å²) >= 11 is 6.21. The molecule has 0 aliphatic heterocycles. The van der Waals surface area contributed by atoms with E-state index in [0.29, 0.717) is 28.6 Å². The highest BCUT2D eigenvalue weighted by molar-refractivity contribution is 6.34. The van der Waals surface area contributed by atoms with Gasteiger partial charge in [0.15, 0.2) is 0 Å². The molecule has 2 heterocycles. The van der Waals surface area contributed by atoms with E-state index < -0.39 is 0 Å². The Balaban J connectivity index is 1.46. The van der Waals surface area contributed by atoms with Gasteiger partial charge >= 0.3 is 0 Å². The van der Waals surface area contributed by atoms with Crippen LogP contribution < -0.4 is 10.1 Å². The third kappa shape index (κ3) is 4.25. The Morgan fingerprint density at radius 2 is 2.00 bits per heavy atom. The maximum atomic E-state index is 12.6. The second-order valence-electron chi connectivity index (χ2n) is 6.91. The van der Waals surface area contributed by atoms with Gasteiger partial charge in [0.1, 0.15) is 18.0 Å². The second kappa shape index (κ2) is 7.97. The van der Waals surface area contributed by atoms with Crippen LogP contribution in [0.15, 0.2) is 67.0 Å². The monoisotopic (exact) mass is 405 g/mol. The van der Waals surface area contributed by atoms with E-state index in [1.54, 1.807) is 24.3 Å². The van der Waals surface area contributed by atoms with Crippen LogP contribution >= 0.6 is 11.6 Å². The average molecular weight is 406 g/mol. The van der Waals surface area contributed by atoms with Crippen molar-refractivity contribution in [3.8, 4) is 5.75 Å². The van der Waals surface area contributed by atoms with Crippen LogP contribution in [-0.4, -0.2) is 15.3 Å². The lowest BCUT2D eigenvalue weighted by Gasteiger charge is -2.09. The molecule has 0 atom stereocenters. The van der Waals surface area contributed by atoms with Crippen molar-refractivity contribution in [2.75, 3.05) is 5.32 Å². The van der Waals surface area contributed by atoms with Crippen molar-refractivity contribution in [3.63, 3.8) is 0 Å². The number of nitrogens with one attached hydrogen (secondary N) is 1. The number of aromatic nitrogens is 2. The summed E-state index contributed by atoms with van der Waals surface area (Å²) in [5, 5.41) is 3.34. The minimum atomic E-state index is -0.246. The van der Waals surface area contributed by atoms with Gasteiger partial charge in [-0.15, -0.1) is 0 Å². The summed E-state index contributed by atoms with van der Waals surface area (Å²) in [7, 11) is 0. The molecule has 5 nitrogen and oxygen atoms in total. The predicted octanol–water partition coefficient (Wildman–Crippen LogP) is 5.44. The van der Waals surface area contributed by atoms with Gasteiger partial charge in [-0.1, -0.05) is 29.8 Å². The van der Waals surface area contributed by atoms with Gasteiger partial charge < -0.3 is 14.5 Å². The Morgan fingerprint density at radius 1 is 1.14 bits per heavy atom. The van der Waals surface area contributed by atoms with E-state index in [-0.39, 0.29) is 5.91 Å². The molecule has 146 valence electrons. The standard InChI is InChI=1S/C23H20ClN3O2/c1-15-8-9-21(20(24)11-15)26-23(28)17-6-3-7-19(12-17)29-14-18-13-27-10-4-5-16(2)22(27)25-18/h3-13H,14H2,1-2H3,(H,26,28). The van der Waals surface area contributed by atoms with E-state index >= 15 is 0 Å². The number of hydrogen-bond donors (Lipinski definition) is 1. The summed E-state index contributed by atoms with van der Waals surface area (Å²) in [6, 6.07) is 16.6. The zero-order chi connectivity index (χ0) is 20.4. The number of benzene rings is 2. The Hall–Kier alpha value is -3.31. The molecule has 0 saturated carbocycles. The summed E-state index contributed by atoms with van der Waals surface area (Å²) in [6.45, 7) is 4.29. The molecule has 2 aromatic heterocycles. The molecular weight excluding hydrogens is 386 g/mol. The van der Waals surface area contributed by atoms with Gasteiger partial charge in [-0.05, 0) is 61.4 Å². The quantitative estimate of drug-likeness (QED) is 0.481. The van der Waals surface area contributed by atoms with Gasteiger partial charge in [0.05, 0.1) is 16.4 Å². The van der Waals surface area contributed by atoms with Gasteiger partial charge in [-0.3, -0.25) is 4.79 Å². The Labute approximate surface area is 173 Å². The highest BCUT2D eigenvalue weighted by atomic mass is 35.5. The van der Waals surface area contributed by atoms with E-state index in [1.807, 2.05) is 61.0 Å². The van der Waals surface area contributed by atoms with Crippen molar-refractivity contribution in [3.05, 3.63) is 94.4 Å². The van der Waals surface area contributed by atoms with Crippen molar-refractivity contribution < 1.29 is 9.53 Å². The lowest BCUT2D eigenvalue weighted by Crippen LogP contribution is -2.12. The van der Waals surface area contributed by atoms with Crippen molar-refractivity contribution in [1.29, 1.82) is 0 Å². The predicted molar refractivity (Wildman–Crippen MR) is 115 cm³/mol. The molecule has 29 heavy (non-hydrogen) atoms. The number of nitrogens with zero attached hydrogens (tertiary/aromatic N) is 2. The molecule has 0 fully saturated rings. The van der Waals surface area contributed by atoms with E-state index in [2.05, 4.69) is 10.3 Å². The number of aryl methyl sites for hydroxylation is 2. The molecule has 0 aliphatic rings. The molecule has 0 unspecified atom stereocenters. The van der Waals surface area contributed by atoms with E-state index in [4.69, 9.17) is 16.3 Å².